The molecule has 0 unspecified atom stereocenters. The van der Waals surface area contributed by atoms with E-state index in [4.69, 9.17) is 9.11 Å². The van der Waals surface area contributed by atoms with Gasteiger partial charge in [-0.05, 0) is 0 Å². The Morgan fingerprint density at radius 1 is 0.800 bits per heavy atom. The van der Waals surface area contributed by atoms with Crippen LogP contribution in [0.2, 0.25) is 0 Å². The molecule has 0 radical (unpaired) electrons. The van der Waals surface area contributed by atoms with Gasteiger partial charge < -0.3 is 0 Å². The van der Waals surface area contributed by atoms with Crippen molar-refractivity contribution in [1.82, 2.24) is 0 Å². The van der Waals surface area contributed by atoms with Crippen molar-refractivity contribution in [1.29, 1.82) is 0 Å². The topological polar surface area (TPSA) is 109 Å². The van der Waals surface area contributed by atoms with Crippen LogP contribution < -0.4 is 0 Å². The van der Waals surface area contributed by atoms with Gasteiger partial charge in [-0.1, -0.05) is 0 Å². The zero-order valence-corrected chi connectivity index (χ0v) is 9.03. The molecule has 0 fully saturated rings. The molecule has 0 bridgehead atoms. The number of hydrogen-bond acceptors (Lipinski definition) is 5. The van der Waals surface area contributed by atoms with Crippen LogP contribution in [-0.2, 0) is 20.2 Å². The van der Waals surface area contributed by atoms with Gasteiger partial charge in [0, 0.05) is 11.5 Å². The Bertz CT molecular complexity index is 301. The van der Waals surface area contributed by atoms with Crippen molar-refractivity contribution in [2.75, 3.05) is 23.0 Å². The zero-order valence-electron chi connectivity index (χ0n) is 6.58. The van der Waals surface area contributed by atoms with Crippen molar-refractivity contribution in [2.45, 2.75) is 0 Å². The molecule has 0 rings (SSSR count). The molecule has 6 nitrogen and oxygen atoms in total. The summed E-state index contributed by atoms with van der Waals surface area (Å²) in [5.74, 6) is -0.616. The van der Waals surface area contributed by atoms with E-state index < -0.39 is 31.7 Å². The van der Waals surface area contributed by atoms with Crippen LogP contribution in [0.15, 0.2) is 0 Å². The maximum atomic E-state index is 10.2. The fourth-order valence-electron chi connectivity index (χ4n) is 0.431. The summed E-state index contributed by atoms with van der Waals surface area (Å²) in [5, 5.41) is 0. The Hall–Kier alpha value is 2.17. The van der Waals surface area contributed by atoms with Gasteiger partial charge in [-0.3, -0.25) is 9.11 Å². The van der Waals surface area contributed by atoms with Gasteiger partial charge in [0.1, 0.15) is 0 Å². The van der Waals surface area contributed by atoms with Gasteiger partial charge in [0.2, 0.25) is 0 Å². The molecule has 2 N–H and O–H groups in total. The van der Waals surface area contributed by atoms with Crippen LogP contribution in [0, 0.1) is 0 Å². The molecule has 0 atom stereocenters. The summed E-state index contributed by atoms with van der Waals surface area (Å²) in [6.45, 7) is 0. The Balaban J connectivity index is -0.000000720. The minimum atomic E-state index is -3.97. The first-order valence-corrected chi connectivity index (χ1v) is 7.56. The molecule has 0 saturated heterocycles. The molecular formula is C4H12Na2O6S3. The first-order chi connectivity index (χ1) is 5.71. The normalized spacial score (nSPS) is 11.3. The molecule has 0 heterocycles. The first kappa shape index (κ1) is 22.4. The van der Waals surface area contributed by atoms with Crippen molar-refractivity contribution in [2.24, 2.45) is 0 Å². The monoisotopic (exact) mass is 298 g/mol. The third kappa shape index (κ3) is 21.9. The van der Waals surface area contributed by atoms with E-state index in [0.717, 1.165) is 11.8 Å². The summed E-state index contributed by atoms with van der Waals surface area (Å²) in [7, 11) is -7.95. The van der Waals surface area contributed by atoms with Crippen LogP contribution in [0.1, 0.15) is 0 Å². The predicted molar refractivity (Wildman–Crippen MR) is 64.5 cm³/mol. The Kier molecular flexibility index (Phi) is 15.1. The van der Waals surface area contributed by atoms with Gasteiger partial charge in [0.05, 0.1) is 11.5 Å². The molecule has 0 aromatic carbocycles. The molecular weight excluding hydrogens is 286 g/mol. The van der Waals surface area contributed by atoms with Crippen LogP contribution in [0.5, 0.6) is 0 Å². The second-order valence-electron chi connectivity index (χ2n) is 2.18. The van der Waals surface area contributed by atoms with Crippen molar-refractivity contribution in [3.05, 3.63) is 0 Å². The van der Waals surface area contributed by atoms with Gasteiger partial charge in [0.25, 0.3) is 20.2 Å². The van der Waals surface area contributed by atoms with Crippen LogP contribution in [0.25, 0.3) is 0 Å². The van der Waals surface area contributed by atoms with Crippen molar-refractivity contribution in [3.63, 3.8) is 0 Å². The van der Waals surface area contributed by atoms with Gasteiger partial charge in [0.15, 0.2) is 0 Å². The van der Waals surface area contributed by atoms with Gasteiger partial charge in [-0.15, -0.1) is 0 Å². The average Bonchev–Trinajstić information content (AvgIpc) is 1.81. The van der Waals surface area contributed by atoms with E-state index in [1.165, 1.54) is 0 Å². The van der Waals surface area contributed by atoms with Gasteiger partial charge >= 0.3 is 59.1 Å². The molecule has 84 valence electrons. The zero-order chi connectivity index (χ0) is 10.5. The average molecular weight is 298 g/mol. The molecule has 11 heteroatoms. The number of thioether (sulfide) groups is 1. The van der Waals surface area contributed by atoms with E-state index >= 15 is 0 Å². The van der Waals surface area contributed by atoms with E-state index in [2.05, 4.69) is 0 Å². The van der Waals surface area contributed by atoms with Gasteiger partial charge in [-0.2, -0.15) is 28.6 Å². The predicted octanol–water partition coefficient (Wildman–Crippen LogP) is -1.80. The van der Waals surface area contributed by atoms with E-state index in [0.29, 0.717) is 0 Å². The van der Waals surface area contributed by atoms with Crippen LogP contribution in [-0.4, -0.2) is 108 Å². The van der Waals surface area contributed by atoms with Crippen LogP contribution in [0.3, 0.4) is 0 Å². The van der Waals surface area contributed by atoms with E-state index in [-0.39, 0.29) is 70.6 Å². The van der Waals surface area contributed by atoms with Crippen LogP contribution >= 0.6 is 11.8 Å². The number of rotatable bonds is 6. The van der Waals surface area contributed by atoms with Gasteiger partial charge in [-0.25, -0.2) is 0 Å². The summed E-state index contributed by atoms with van der Waals surface area (Å²) in [5.41, 5.74) is 0. The van der Waals surface area contributed by atoms with E-state index in [1.54, 1.807) is 0 Å². The Labute approximate surface area is 138 Å². The molecule has 0 aliphatic carbocycles. The Morgan fingerprint density at radius 3 is 1.27 bits per heavy atom. The molecule has 0 aliphatic heterocycles. The van der Waals surface area contributed by atoms with Crippen LogP contribution in [0.4, 0.5) is 0 Å². The third-order valence-electron chi connectivity index (χ3n) is 0.971. The summed E-state index contributed by atoms with van der Waals surface area (Å²) < 4.78 is 57.2. The minimum absolute atomic E-state index is 0. The summed E-state index contributed by atoms with van der Waals surface area (Å²) >= 11 is 1.03. The molecule has 0 aliphatic rings. The maximum absolute atomic E-state index is 10.2. The molecule has 0 saturated carbocycles. The first-order valence-electron chi connectivity index (χ1n) is 3.19. The van der Waals surface area contributed by atoms with E-state index in [9.17, 15) is 16.8 Å². The molecule has 15 heavy (non-hydrogen) atoms. The summed E-state index contributed by atoms with van der Waals surface area (Å²) in [6, 6.07) is 0. The Morgan fingerprint density at radius 2 is 1.07 bits per heavy atom. The molecule has 0 spiro atoms. The third-order valence-corrected chi connectivity index (χ3v) is 3.91. The summed E-state index contributed by atoms with van der Waals surface area (Å²) in [4.78, 5) is 0. The standard InChI is InChI=1S/C4H10O6S3.2Na.2H/c5-12(6,7)3-1-11-2-4-13(8,9)10;;;;/h1-4H2,(H,5,6,7)(H,8,9,10);;;;. The molecule has 0 amide bonds. The van der Waals surface area contributed by atoms with Crippen molar-refractivity contribution >= 4 is 91.1 Å². The second-order valence-corrected chi connectivity index (χ2v) is 6.55. The fourth-order valence-corrected chi connectivity index (χ4v) is 3.26. The molecule has 0 aromatic rings. The quantitative estimate of drug-likeness (QED) is 0.338. The van der Waals surface area contributed by atoms with Crippen molar-refractivity contribution < 1.29 is 25.9 Å². The van der Waals surface area contributed by atoms with E-state index in [1.807, 2.05) is 0 Å². The van der Waals surface area contributed by atoms with Crippen molar-refractivity contribution in [3.8, 4) is 0 Å². The summed E-state index contributed by atoms with van der Waals surface area (Å²) in [6.07, 6.45) is 0. The molecule has 0 aromatic heterocycles. The second kappa shape index (κ2) is 10.1. The number of hydrogen-bond donors (Lipinski definition) is 2. The SMILES string of the molecule is O=S(=O)(O)CCSCCS(=O)(=O)O.[NaH].[NaH]. The fraction of sp³-hybridized carbons (Fsp3) is 1.00.